The summed E-state index contributed by atoms with van der Waals surface area (Å²) in [4.78, 5) is 38.1. The van der Waals surface area contributed by atoms with E-state index in [0.717, 1.165) is 0 Å². The molecule has 9 nitrogen and oxygen atoms in total. The average Bonchev–Trinajstić information content (AvgIpc) is 2.91. The van der Waals surface area contributed by atoms with Crippen LogP contribution in [0.3, 0.4) is 0 Å². The predicted octanol–water partition coefficient (Wildman–Crippen LogP) is 0.269. The molecular weight excluding hydrogens is 354 g/mol. The maximum Gasteiger partial charge on any atom is 0.228 e. The van der Waals surface area contributed by atoms with Crippen LogP contribution in [0, 0.1) is 5.21 Å². The van der Waals surface area contributed by atoms with E-state index in [9.17, 15) is 14.8 Å². The second-order valence-corrected chi connectivity index (χ2v) is 6.06. The molecule has 0 saturated heterocycles. The van der Waals surface area contributed by atoms with Gasteiger partial charge in [0, 0.05) is 24.9 Å². The average molecular weight is 373 g/mol. The minimum Gasteiger partial charge on any atom is -0.628 e. The fourth-order valence-electron chi connectivity index (χ4n) is 3.34. The Morgan fingerprint density at radius 3 is 2.74 bits per heavy atom. The summed E-state index contributed by atoms with van der Waals surface area (Å²) in [7, 11) is 2.79. The second kappa shape index (κ2) is 7.70. The van der Waals surface area contributed by atoms with Crippen molar-refractivity contribution in [2.75, 3.05) is 14.2 Å². The molecule has 0 spiro atoms. The summed E-state index contributed by atoms with van der Waals surface area (Å²) in [6, 6.07) is 5.28. The molecule has 0 radical (unpaired) electrons. The van der Waals surface area contributed by atoms with Crippen molar-refractivity contribution >= 4 is 17.4 Å². The lowest BCUT2D eigenvalue weighted by atomic mass is 9.86. The number of ketones is 1. The van der Waals surface area contributed by atoms with Gasteiger partial charge in [0.2, 0.25) is 17.4 Å². The zero-order valence-electron chi connectivity index (χ0n) is 14.8. The number of primary amides is 1. The molecule has 2 heterocycles. The van der Waals surface area contributed by atoms with Crippen molar-refractivity contribution in [1.82, 2.24) is 4.98 Å². The highest BCUT2D eigenvalue weighted by Crippen LogP contribution is 2.35. The van der Waals surface area contributed by atoms with E-state index in [2.05, 4.69) is 9.87 Å². The fourth-order valence-corrected chi connectivity index (χ4v) is 3.34. The van der Waals surface area contributed by atoms with Gasteiger partial charge in [0.25, 0.3) is 0 Å². The van der Waals surface area contributed by atoms with E-state index in [1.807, 2.05) is 0 Å². The molecule has 1 aromatic heterocycles. The fraction of sp³-hybridized carbons (Fsp3) is 0.278. The van der Waals surface area contributed by atoms with Gasteiger partial charge < -0.3 is 25.6 Å². The summed E-state index contributed by atoms with van der Waals surface area (Å²) >= 11 is 0. The topological polar surface area (TPSA) is 128 Å². The third kappa shape index (κ3) is 3.47. The standard InChI is InChI=1S/C18H19N3O6/c1-25-15-7-10(3-4-14(15)27-26-2)11(8-16(19)22)17-18(23)12-9-20-6-5-13(12)21(17)24/h3-7,9,11,17,21H,8H2,1-2H3,(H2,19,22). The largest absolute Gasteiger partial charge is 0.628 e. The maximum atomic E-state index is 12.9. The summed E-state index contributed by atoms with van der Waals surface area (Å²) < 4.78 is 5.27. The number of methoxy groups -OCH3 is 1. The Labute approximate surface area is 155 Å². The summed E-state index contributed by atoms with van der Waals surface area (Å²) in [6.07, 6.45) is 2.65. The zero-order chi connectivity index (χ0) is 19.6. The molecule has 3 atom stereocenters. The highest BCUT2D eigenvalue weighted by molar-refractivity contribution is 6.05. The van der Waals surface area contributed by atoms with Gasteiger partial charge in [0.15, 0.2) is 11.8 Å². The molecule has 1 aromatic carbocycles. The van der Waals surface area contributed by atoms with Crippen LogP contribution in [-0.4, -0.2) is 36.9 Å². The lowest BCUT2D eigenvalue weighted by molar-refractivity contribution is -0.792. The number of hydrogen-bond donors (Lipinski definition) is 2. The van der Waals surface area contributed by atoms with Crippen molar-refractivity contribution in [3.63, 3.8) is 0 Å². The number of amides is 1. The first-order valence-electron chi connectivity index (χ1n) is 8.17. The van der Waals surface area contributed by atoms with Crippen LogP contribution in [-0.2, 0) is 9.68 Å². The molecule has 2 aromatic rings. The first-order chi connectivity index (χ1) is 13.0. The molecule has 1 aliphatic rings. The monoisotopic (exact) mass is 373 g/mol. The Kier molecular flexibility index (Phi) is 5.36. The zero-order valence-corrected chi connectivity index (χ0v) is 14.8. The van der Waals surface area contributed by atoms with Crippen molar-refractivity contribution in [2.45, 2.75) is 18.4 Å². The number of aromatic nitrogens is 1. The van der Waals surface area contributed by atoms with Gasteiger partial charge in [-0.15, -0.1) is 0 Å². The Hall–Kier alpha value is -3.01. The summed E-state index contributed by atoms with van der Waals surface area (Å²) in [6.45, 7) is 0. The number of hydroxylamine groups is 1. The number of pyridine rings is 1. The summed E-state index contributed by atoms with van der Waals surface area (Å²) in [5, 5.41) is 12.5. The van der Waals surface area contributed by atoms with Crippen molar-refractivity contribution in [1.29, 1.82) is 0 Å². The van der Waals surface area contributed by atoms with Gasteiger partial charge in [-0.3, -0.25) is 14.6 Å². The van der Waals surface area contributed by atoms with Crippen molar-refractivity contribution in [2.24, 2.45) is 5.73 Å². The number of nitrogens with two attached hydrogens (primary N) is 1. The van der Waals surface area contributed by atoms with Crippen molar-refractivity contribution < 1.29 is 29.2 Å². The van der Waals surface area contributed by atoms with Crippen LogP contribution in [0.25, 0.3) is 0 Å². The van der Waals surface area contributed by atoms with Crippen LogP contribution in [0.2, 0.25) is 0 Å². The third-order valence-electron chi connectivity index (χ3n) is 4.53. The van der Waals surface area contributed by atoms with E-state index in [4.69, 9.17) is 15.4 Å². The van der Waals surface area contributed by atoms with Gasteiger partial charge in [0.05, 0.1) is 20.1 Å². The number of nitrogens with one attached hydrogen (secondary N) is 1. The molecule has 3 N–H and O–H groups in total. The van der Waals surface area contributed by atoms with Crippen LogP contribution >= 0.6 is 0 Å². The molecule has 1 amide bonds. The molecule has 3 rings (SSSR count). The van der Waals surface area contributed by atoms with Gasteiger partial charge in [-0.1, -0.05) is 6.07 Å². The second-order valence-electron chi connectivity index (χ2n) is 6.06. The first kappa shape index (κ1) is 18.8. The SMILES string of the molecule is COOc1ccc(C(CC(N)=O)C2C(=O)c3cnccc3[NH+]2[O-])cc1OC. The minimum absolute atomic E-state index is 0.169. The van der Waals surface area contributed by atoms with Crippen LogP contribution < -0.4 is 20.4 Å². The Bertz CT molecular complexity index is 872. The molecule has 0 fully saturated rings. The molecule has 142 valence electrons. The Morgan fingerprint density at radius 2 is 2.11 bits per heavy atom. The lowest BCUT2D eigenvalue weighted by Gasteiger charge is -2.30. The molecular formula is C18H19N3O6. The van der Waals surface area contributed by atoms with E-state index in [1.165, 1.54) is 32.7 Å². The molecule has 27 heavy (non-hydrogen) atoms. The highest BCUT2D eigenvalue weighted by Gasteiger charge is 2.45. The molecule has 9 heteroatoms. The Balaban J connectivity index is 2.03. The third-order valence-corrected chi connectivity index (χ3v) is 4.53. The molecule has 0 saturated carbocycles. The van der Waals surface area contributed by atoms with Gasteiger partial charge in [-0.2, -0.15) is 4.89 Å². The van der Waals surface area contributed by atoms with Gasteiger partial charge in [-0.25, -0.2) is 0 Å². The summed E-state index contributed by atoms with van der Waals surface area (Å²) in [5.41, 5.74) is 6.51. The number of benzene rings is 1. The first-order valence-corrected chi connectivity index (χ1v) is 8.17. The predicted molar refractivity (Wildman–Crippen MR) is 93.5 cm³/mol. The summed E-state index contributed by atoms with van der Waals surface area (Å²) in [5.74, 6) is -1.07. The number of fused-ring (bicyclic) bond motifs is 1. The number of nitrogens with zero attached hydrogens (tertiary/aromatic N) is 1. The van der Waals surface area contributed by atoms with E-state index >= 15 is 0 Å². The normalized spacial score (nSPS) is 19.4. The number of carbonyl (C=O) groups is 2. The number of Topliss-reactive ketones (excluding diaryl/α,β-unsaturated/α-hetero) is 1. The van der Waals surface area contributed by atoms with Crippen LogP contribution in [0.5, 0.6) is 11.5 Å². The Morgan fingerprint density at radius 1 is 1.33 bits per heavy atom. The minimum atomic E-state index is -1.05. The highest BCUT2D eigenvalue weighted by atomic mass is 17.2. The van der Waals surface area contributed by atoms with E-state index in [-0.39, 0.29) is 22.8 Å². The number of quaternary nitrogens is 1. The van der Waals surface area contributed by atoms with Crippen LogP contribution in [0.15, 0.2) is 36.7 Å². The van der Waals surface area contributed by atoms with E-state index in [0.29, 0.717) is 22.7 Å². The number of rotatable bonds is 7. The van der Waals surface area contributed by atoms with E-state index < -0.39 is 17.9 Å². The molecule has 0 aliphatic carbocycles. The number of hydrogen-bond acceptors (Lipinski definition) is 7. The smallest absolute Gasteiger partial charge is 0.228 e. The van der Waals surface area contributed by atoms with Crippen LogP contribution in [0.1, 0.15) is 28.3 Å². The lowest BCUT2D eigenvalue weighted by Crippen LogP contribution is -3.06. The number of ether oxygens (including phenoxy) is 1. The number of carbonyl (C=O) groups excluding carboxylic acids is 2. The molecule has 0 bridgehead atoms. The molecule has 3 unspecified atom stereocenters. The molecule has 1 aliphatic heterocycles. The van der Waals surface area contributed by atoms with Gasteiger partial charge in [-0.05, 0) is 17.7 Å². The van der Waals surface area contributed by atoms with Crippen molar-refractivity contribution in [3.8, 4) is 11.5 Å². The maximum absolute atomic E-state index is 12.9. The quantitative estimate of drug-likeness (QED) is 0.405. The van der Waals surface area contributed by atoms with Gasteiger partial charge in [0.1, 0.15) is 11.3 Å². The van der Waals surface area contributed by atoms with Crippen molar-refractivity contribution in [3.05, 3.63) is 53.0 Å². The van der Waals surface area contributed by atoms with Crippen LogP contribution in [0.4, 0.5) is 5.69 Å². The van der Waals surface area contributed by atoms with Gasteiger partial charge >= 0.3 is 0 Å². The van der Waals surface area contributed by atoms with E-state index in [1.54, 1.807) is 18.2 Å².